The molecular weight excluding hydrogens is 172 g/mol. The van der Waals surface area contributed by atoms with Gasteiger partial charge in [-0.15, -0.1) is 0 Å². The molecule has 1 aromatic rings. The topological polar surface area (TPSA) is 75.6 Å². The molecule has 0 fully saturated rings. The summed E-state index contributed by atoms with van der Waals surface area (Å²) < 4.78 is 0. The molecular formula is C7H8N4S. The van der Waals surface area contributed by atoms with Crippen LogP contribution < -0.4 is 5.73 Å². The van der Waals surface area contributed by atoms with Crippen molar-refractivity contribution in [2.75, 3.05) is 5.75 Å². The van der Waals surface area contributed by atoms with Crippen molar-refractivity contribution in [3.05, 3.63) is 18.5 Å². The Morgan fingerprint density at radius 2 is 2.25 bits per heavy atom. The van der Waals surface area contributed by atoms with Crippen LogP contribution in [-0.2, 0) is 0 Å². The van der Waals surface area contributed by atoms with Crippen LogP contribution in [0.15, 0.2) is 23.6 Å². The minimum Gasteiger partial charge on any atom is -0.315 e. The lowest BCUT2D eigenvalue weighted by Gasteiger charge is -1.99. The Balaban J connectivity index is 2.40. The largest absolute Gasteiger partial charge is 0.315 e. The van der Waals surface area contributed by atoms with Crippen molar-refractivity contribution in [3.8, 4) is 6.07 Å². The zero-order valence-corrected chi connectivity index (χ0v) is 7.16. The molecule has 0 bridgehead atoms. The van der Waals surface area contributed by atoms with Gasteiger partial charge < -0.3 is 5.73 Å². The second-order valence-corrected chi connectivity index (χ2v) is 3.07. The molecule has 0 saturated carbocycles. The first-order chi connectivity index (χ1) is 5.83. The summed E-state index contributed by atoms with van der Waals surface area (Å²) in [6.45, 7) is 0. The van der Waals surface area contributed by atoms with Gasteiger partial charge >= 0.3 is 0 Å². The smallest absolute Gasteiger partial charge is 0.187 e. The number of nitrogens with zero attached hydrogens (tertiary/aromatic N) is 3. The zero-order valence-electron chi connectivity index (χ0n) is 6.34. The minimum atomic E-state index is -0.446. The average molecular weight is 180 g/mol. The van der Waals surface area contributed by atoms with Crippen LogP contribution in [0.4, 0.5) is 0 Å². The maximum Gasteiger partial charge on any atom is 0.187 e. The fraction of sp³-hybridized carbons (Fsp3) is 0.286. The van der Waals surface area contributed by atoms with Crippen LogP contribution in [0.2, 0.25) is 0 Å². The molecule has 12 heavy (non-hydrogen) atoms. The van der Waals surface area contributed by atoms with E-state index in [2.05, 4.69) is 9.97 Å². The predicted octanol–water partition coefficient (Wildman–Crippen LogP) is 0.420. The Morgan fingerprint density at radius 3 is 2.83 bits per heavy atom. The number of thioether (sulfide) groups is 1. The maximum atomic E-state index is 8.38. The molecule has 0 spiro atoms. The van der Waals surface area contributed by atoms with Gasteiger partial charge in [-0.1, -0.05) is 11.8 Å². The van der Waals surface area contributed by atoms with Crippen LogP contribution in [0.25, 0.3) is 0 Å². The lowest BCUT2D eigenvalue weighted by molar-refractivity contribution is 0.929. The number of aromatic nitrogens is 2. The van der Waals surface area contributed by atoms with Crippen molar-refractivity contribution in [2.45, 2.75) is 11.2 Å². The zero-order chi connectivity index (χ0) is 8.81. The van der Waals surface area contributed by atoms with Crippen LogP contribution in [0, 0.1) is 11.3 Å². The lowest BCUT2D eigenvalue weighted by atomic mass is 10.4. The summed E-state index contributed by atoms with van der Waals surface area (Å²) in [6.07, 6.45) is 3.32. The van der Waals surface area contributed by atoms with Crippen molar-refractivity contribution in [1.29, 1.82) is 5.26 Å². The summed E-state index contributed by atoms with van der Waals surface area (Å²) in [5, 5.41) is 9.04. The van der Waals surface area contributed by atoms with E-state index in [1.165, 1.54) is 11.8 Å². The summed E-state index contributed by atoms with van der Waals surface area (Å²) in [4.78, 5) is 7.94. The number of rotatable bonds is 3. The van der Waals surface area contributed by atoms with Gasteiger partial charge in [0.05, 0.1) is 6.07 Å². The fourth-order valence-corrected chi connectivity index (χ4v) is 1.24. The molecule has 1 atom stereocenters. The molecule has 1 aromatic heterocycles. The first-order valence-corrected chi connectivity index (χ1v) is 4.36. The quantitative estimate of drug-likeness (QED) is 0.539. The maximum absolute atomic E-state index is 8.38. The van der Waals surface area contributed by atoms with Gasteiger partial charge in [-0.3, -0.25) is 0 Å². The summed E-state index contributed by atoms with van der Waals surface area (Å²) in [5.74, 6) is 0.528. The van der Waals surface area contributed by atoms with Crippen molar-refractivity contribution in [3.63, 3.8) is 0 Å². The van der Waals surface area contributed by atoms with Crippen molar-refractivity contribution < 1.29 is 0 Å². The van der Waals surface area contributed by atoms with E-state index >= 15 is 0 Å². The highest BCUT2D eigenvalue weighted by Crippen LogP contribution is 2.10. The Bertz CT molecular complexity index is 268. The van der Waals surface area contributed by atoms with Gasteiger partial charge in [-0.25, -0.2) is 9.97 Å². The molecule has 0 amide bonds. The van der Waals surface area contributed by atoms with Gasteiger partial charge in [0.1, 0.15) is 6.04 Å². The van der Waals surface area contributed by atoms with Crippen molar-refractivity contribution in [1.82, 2.24) is 9.97 Å². The molecule has 1 rings (SSSR count). The first-order valence-electron chi connectivity index (χ1n) is 3.38. The van der Waals surface area contributed by atoms with E-state index in [4.69, 9.17) is 11.0 Å². The second kappa shape index (κ2) is 4.70. The van der Waals surface area contributed by atoms with Crippen LogP contribution in [0.5, 0.6) is 0 Å². The molecule has 1 unspecified atom stereocenters. The molecule has 5 heteroatoms. The number of nitriles is 1. The number of nitrogens with two attached hydrogens (primary N) is 1. The monoisotopic (exact) mass is 180 g/mol. The van der Waals surface area contributed by atoms with Crippen LogP contribution in [0.1, 0.15) is 0 Å². The lowest BCUT2D eigenvalue weighted by Crippen LogP contribution is -2.19. The molecule has 0 radical (unpaired) electrons. The van der Waals surface area contributed by atoms with E-state index in [1.807, 2.05) is 6.07 Å². The highest BCUT2D eigenvalue weighted by molar-refractivity contribution is 7.99. The normalized spacial score (nSPS) is 12.0. The van der Waals surface area contributed by atoms with E-state index in [0.29, 0.717) is 10.9 Å². The Morgan fingerprint density at radius 1 is 1.58 bits per heavy atom. The molecule has 2 N–H and O–H groups in total. The third-order valence-electron chi connectivity index (χ3n) is 1.10. The summed E-state index contributed by atoms with van der Waals surface area (Å²) in [6, 6.07) is 3.24. The summed E-state index contributed by atoms with van der Waals surface area (Å²) in [5.41, 5.74) is 5.38. The van der Waals surface area contributed by atoms with Gasteiger partial charge in [0.25, 0.3) is 0 Å². The molecule has 0 saturated heterocycles. The fourth-order valence-electron chi connectivity index (χ4n) is 0.562. The van der Waals surface area contributed by atoms with Crippen molar-refractivity contribution >= 4 is 11.8 Å². The number of hydrogen-bond acceptors (Lipinski definition) is 5. The average Bonchev–Trinajstić information content (AvgIpc) is 2.16. The van der Waals surface area contributed by atoms with Gasteiger partial charge in [0.2, 0.25) is 0 Å². The van der Waals surface area contributed by atoms with Crippen LogP contribution in [0.3, 0.4) is 0 Å². The Kier molecular flexibility index (Phi) is 3.51. The third kappa shape index (κ3) is 2.86. The van der Waals surface area contributed by atoms with E-state index in [-0.39, 0.29) is 0 Å². The summed E-state index contributed by atoms with van der Waals surface area (Å²) >= 11 is 1.38. The standard InChI is InChI=1S/C7H8N4S/c8-4-6(9)5-12-7-10-2-1-3-11-7/h1-3,6H,5,9H2. The third-order valence-corrected chi connectivity index (χ3v) is 2.09. The van der Waals surface area contributed by atoms with Gasteiger partial charge in [-0.05, 0) is 6.07 Å². The Labute approximate surface area is 74.8 Å². The van der Waals surface area contributed by atoms with Crippen LogP contribution in [-0.4, -0.2) is 21.8 Å². The minimum absolute atomic E-state index is 0.446. The second-order valence-electron chi connectivity index (χ2n) is 2.08. The SMILES string of the molecule is N#CC(N)CSc1ncccn1. The Hall–Kier alpha value is -1.12. The number of hydrogen-bond donors (Lipinski definition) is 1. The van der Waals surface area contributed by atoms with Gasteiger partial charge in [-0.2, -0.15) is 5.26 Å². The van der Waals surface area contributed by atoms with E-state index < -0.39 is 6.04 Å². The molecule has 4 nitrogen and oxygen atoms in total. The predicted molar refractivity (Wildman–Crippen MR) is 46.3 cm³/mol. The highest BCUT2D eigenvalue weighted by atomic mass is 32.2. The van der Waals surface area contributed by atoms with Gasteiger partial charge in [0.15, 0.2) is 5.16 Å². The molecule has 1 heterocycles. The van der Waals surface area contributed by atoms with E-state index in [1.54, 1.807) is 18.5 Å². The van der Waals surface area contributed by atoms with Crippen LogP contribution >= 0.6 is 11.8 Å². The van der Waals surface area contributed by atoms with E-state index in [9.17, 15) is 0 Å². The van der Waals surface area contributed by atoms with E-state index in [0.717, 1.165) is 0 Å². The highest BCUT2D eigenvalue weighted by Gasteiger charge is 2.01. The molecule has 0 aliphatic heterocycles. The molecule has 0 aliphatic carbocycles. The molecule has 62 valence electrons. The van der Waals surface area contributed by atoms with Crippen molar-refractivity contribution in [2.24, 2.45) is 5.73 Å². The first kappa shape index (κ1) is 8.97. The molecule has 0 aromatic carbocycles. The molecule has 0 aliphatic rings. The van der Waals surface area contributed by atoms with Gasteiger partial charge in [0, 0.05) is 18.1 Å². The summed E-state index contributed by atoms with van der Waals surface area (Å²) in [7, 11) is 0.